The Balaban J connectivity index is 3.66. The van der Waals surface area contributed by atoms with Crippen LogP contribution in [0.3, 0.4) is 0 Å². The van der Waals surface area contributed by atoms with Gasteiger partial charge in [0.15, 0.2) is 11.7 Å². The van der Waals surface area contributed by atoms with Gasteiger partial charge in [-0.25, -0.2) is 9.59 Å². The zero-order valence-corrected chi connectivity index (χ0v) is 9.30. The average molecular weight is 233 g/mol. The number of rotatable bonds is 7. The molecular weight excluding hydrogens is 220 g/mol. The van der Waals surface area contributed by atoms with Crippen molar-refractivity contribution in [3.8, 4) is 0 Å². The molecule has 0 spiro atoms. The van der Waals surface area contributed by atoms with Gasteiger partial charge in [0.25, 0.3) is 0 Å². The van der Waals surface area contributed by atoms with Crippen LogP contribution in [0.5, 0.6) is 0 Å². The number of carbonyl (C=O) groups is 1. The molecule has 0 rings (SSSR count). The summed E-state index contributed by atoms with van der Waals surface area (Å²) in [4.78, 5) is 21.2. The highest BCUT2D eigenvalue weighted by Crippen LogP contribution is 2.00. The van der Waals surface area contributed by atoms with Crippen LogP contribution < -0.4 is 0 Å². The quantitative estimate of drug-likeness (QED) is 0.167. The lowest BCUT2D eigenvalue weighted by Gasteiger charge is -2.06. The number of alkyl halides is 1. The molecule has 0 saturated carbocycles. The van der Waals surface area contributed by atoms with Crippen LogP contribution in [0.2, 0.25) is 0 Å². The van der Waals surface area contributed by atoms with E-state index in [-0.39, 0.29) is 24.9 Å². The van der Waals surface area contributed by atoms with E-state index in [9.17, 15) is 9.59 Å². The minimum Gasteiger partial charge on any atom is -0.483 e. The molecule has 0 bridgehead atoms. The fraction of sp³-hybridized carbons (Fsp3) is 0.500. The van der Waals surface area contributed by atoms with E-state index in [0.717, 1.165) is 0 Å². The summed E-state index contributed by atoms with van der Waals surface area (Å²) in [6.07, 6.45) is 0.319. The van der Waals surface area contributed by atoms with Gasteiger partial charge >= 0.3 is 5.97 Å². The maximum Gasteiger partial charge on any atom is 0.333 e. The second kappa shape index (κ2) is 8.09. The number of hydrogen-bond acceptors (Lipinski definition) is 4. The molecule has 0 saturated heterocycles. The highest BCUT2D eigenvalue weighted by Gasteiger charge is 2.03. The third-order valence-corrected chi connectivity index (χ3v) is 1.57. The van der Waals surface area contributed by atoms with Crippen molar-refractivity contribution in [2.24, 2.45) is 0 Å². The standard InChI is InChI=1S/C10H13ClO4/c1-8(2)10(13)15-6-5-14-9(7-12)3-4-11/h1,3-6H2,2H3. The third kappa shape index (κ3) is 6.77. The fourth-order valence-corrected chi connectivity index (χ4v) is 0.833. The second-order valence-corrected chi connectivity index (χ2v) is 3.11. The molecule has 0 amide bonds. The summed E-state index contributed by atoms with van der Waals surface area (Å²) in [5, 5.41) is 0. The van der Waals surface area contributed by atoms with Gasteiger partial charge in [0, 0.05) is 17.9 Å². The Morgan fingerprint density at radius 1 is 1.40 bits per heavy atom. The molecule has 0 atom stereocenters. The van der Waals surface area contributed by atoms with Gasteiger partial charge in [-0.3, -0.25) is 0 Å². The molecule has 0 aromatic carbocycles. The van der Waals surface area contributed by atoms with Gasteiger partial charge in [-0.15, -0.1) is 11.6 Å². The van der Waals surface area contributed by atoms with E-state index in [1.165, 1.54) is 0 Å². The molecule has 0 fully saturated rings. The first-order valence-corrected chi connectivity index (χ1v) is 4.90. The Hall–Kier alpha value is -1.25. The number of carbonyl (C=O) groups excluding carboxylic acids is 2. The van der Waals surface area contributed by atoms with Crippen LogP contribution in [-0.2, 0) is 19.1 Å². The van der Waals surface area contributed by atoms with E-state index in [1.54, 1.807) is 12.9 Å². The Kier molecular flexibility index (Phi) is 7.42. The molecule has 5 heteroatoms. The summed E-state index contributed by atoms with van der Waals surface area (Å²) >= 11 is 5.40. The Morgan fingerprint density at radius 2 is 2.00 bits per heavy atom. The van der Waals surface area contributed by atoms with Gasteiger partial charge < -0.3 is 9.47 Å². The predicted molar refractivity (Wildman–Crippen MR) is 56.3 cm³/mol. The van der Waals surface area contributed by atoms with Crippen LogP contribution >= 0.6 is 11.6 Å². The lowest BCUT2D eigenvalue weighted by molar-refractivity contribution is -0.140. The van der Waals surface area contributed by atoms with Crippen molar-refractivity contribution < 1.29 is 19.1 Å². The van der Waals surface area contributed by atoms with E-state index >= 15 is 0 Å². The molecule has 0 unspecified atom stereocenters. The summed E-state index contributed by atoms with van der Waals surface area (Å²) < 4.78 is 9.70. The first-order valence-electron chi connectivity index (χ1n) is 4.37. The minimum absolute atomic E-state index is 0.0686. The summed E-state index contributed by atoms with van der Waals surface area (Å²) in [6.45, 7) is 5.14. The number of halogens is 1. The smallest absolute Gasteiger partial charge is 0.333 e. The van der Waals surface area contributed by atoms with Crippen LogP contribution in [0.1, 0.15) is 13.3 Å². The molecule has 84 valence electrons. The fourth-order valence-electron chi connectivity index (χ4n) is 0.661. The van der Waals surface area contributed by atoms with Crippen molar-refractivity contribution >= 4 is 23.5 Å². The lowest BCUT2D eigenvalue weighted by Crippen LogP contribution is -2.11. The summed E-state index contributed by atoms with van der Waals surface area (Å²) in [5.74, 6) is 1.56. The van der Waals surface area contributed by atoms with E-state index in [1.807, 2.05) is 0 Å². The van der Waals surface area contributed by atoms with Gasteiger partial charge in [-0.1, -0.05) is 6.58 Å². The van der Waals surface area contributed by atoms with Crippen molar-refractivity contribution in [1.82, 2.24) is 0 Å². The summed E-state index contributed by atoms with van der Waals surface area (Å²) in [7, 11) is 0. The van der Waals surface area contributed by atoms with Crippen LogP contribution in [-0.4, -0.2) is 31.0 Å². The maximum absolute atomic E-state index is 10.9. The van der Waals surface area contributed by atoms with Crippen molar-refractivity contribution in [2.75, 3.05) is 19.1 Å². The lowest BCUT2D eigenvalue weighted by atomic mass is 10.4. The summed E-state index contributed by atoms with van der Waals surface area (Å²) in [6, 6.07) is 0. The number of hydrogen-bond donors (Lipinski definition) is 0. The molecule has 0 N–H and O–H groups in total. The SMILES string of the molecule is C=C(C)C(=O)OCCOC(=C=O)CCCl. The second-order valence-electron chi connectivity index (χ2n) is 2.73. The molecule has 4 nitrogen and oxygen atoms in total. The molecule has 15 heavy (non-hydrogen) atoms. The van der Waals surface area contributed by atoms with Crippen molar-refractivity contribution in [1.29, 1.82) is 0 Å². The topological polar surface area (TPSA) is 52.6 Å². The molecule has 0 aromatic rings. The third-order valence-electron chi connectivity index (χ3n) is 1.38. The summed E-state index contributed by atoms with van der Waals surface area (Å²) in [5.41, 5.74) is 0.321. The van der Waals surface area contributed by atoms with Gasteiger partial charge in [0.05, 0.1) is 0 Å². The van der Waals surface area contributed by atoms with E-state index in [0.29, 0.717) is 12.0 Å². The maximum atomic E-state index is 10.9. The Bertz CT molecular complexity index is 279. The minimum atomic E-state index is -0.479. The van der Waals surface area contributed by atoms with Crippen molar-refractivity contribution in [3.63, 3.8) is 0 Å². The van der Waals surface area contributed by atoms with E-state index < -0.39 is 5.97 Å². The largest absolute Gasteiger partial charge is 0.483 e. The zero-order valence-electron chi connectivity index (χ0n) is 8.55. The van der Waals surface area contributed by atoms with Crippen LogP contribution in [0.4, 0.5) is 0 Å². The molecule has 0 aromatic heterocycles. The molecule has 0 aliphatic carbocycles. The van der Waals surface area contributed by atoms with Crippen molar-refractivity contribution in [3.05, 3.63) is 17.9 Å². The Labute approximate surface area is 93.5 Å². The molecule has 0 heterocycles. The normalized spacial score (nSPS) is 8.93. The zero-order chi connectivity index (χ0) is 11.7. The van der Waals surface area contributed by atoms with Crippen molar-refractivity contribution in [2.45, 2.75) is 13.3 Å². The van der Waals surface area contributed by atoms with Crippen LogP contribution in [0.15, 0.2) is 17.9 Å². The number of esters is 1. The molecule has 0 aliphatic heterocycles. The van der Waals surface area contributed by atoms with Crippen LogP contribution in [0.25, 0.3) is 0 Å². The molecule has 0 aliphatic rings. The Morgan fingerprint density at radius 3 is 2.47 bits per heavy atom. The first-order chi connectivity index (χ1) is 7.11. The van der Waals surface area contributed by atoms with Gasteiger partial charge in [0.2, 0.25) is 0 Å². The number of allylic oxidation sites excluding steroid dienone is 1. The van der Waals surface area contributed by atoms with Gasteiger partial charge in [0.1, 0.15) is 13.2 Å². The van der Waals surface area contributed by atoms with E-state index in [4.69, 9.17) is 21.1 Å². The number of ether oxygens (including phenoxy) is 2. The first kappa shape index (κ1) is 13.8. The van der Waals surface area contributed by atoms with E-state index in [2.05, 4.69) is 6.58 Å². The molecule has 0 radical (unpaired) electrons. The monoisotopic (exact) mass is 232 g/mol. The highest BCUT2D eigenvalue weighted by molar-refractivity contribution is 6.18. The van der Waals surface area contributed by atoms with Gasteiger partial charge in [-0.2, -0.15) is 0 Å². The highest BCUT2D eigenvalue weighted by atomic mass is 35.5. The van der Waals surface area contributed by atoms with Crippen LogP contribution in [0, 0.1) is 0 Å². The van der Waals surface area contributed by atoms with Gasteiger partial charge in [-0.05, 0) is 6.92 Å². The average Bonchev–Trinajstić information content (AvgIpc) is 2.22. The molecular formula is C10H13ClO4. The predicted octanol–water partition coefficient (Wildman–Crippen LogP) is 1.47.